The molecule has 1 aromatic heterocycles. The van der Waals surface area contributed by atoms with Crippen molar-refractivity contribution in [3.8, 4) is 5.75 Å². The largest absolute Gasteiger partial charge is 0.495 e. The van der Waals surface area contributed by atoms with Gasteiger partial charge in [0.2, 0.25) is 0 Å². The molecule has 0 spiro atoms. The van der Waals surface area contributed by atoms with Crippen LogP contribution in [0.5, 0.6) is 5.75 Å². The Morgan fingerprint density at radius 1 is 1.15 bits per heavy atom. The zero-order valence-electron chi connectivity index (χ0n) is 16.2. The summed E-state index contributed by atoms with van der Waals surface area (Å²) in [6.07, 6.45) is 0. The van der Waals surface area contributed by atoms with Gasteiger partial charge < -0.3 is 24.1 Å². The molecule has 2 amide bonds. The first-order chi connectivity index (χ1) is 13.0. The Bertz CT molecular complexity index is 932. The van der Waals surface area contributed by atoms with E-state index in [-0.39, 0.29) is 6.03 Å². The van der Waals surface area contributed by atoms with Crippen LogP contribution < -0.4 is 10.1 Å². The number of furan rings is 1. The fraction of sp³-hybridized carbons (Fsp3) is 0.381. The van der Waals surface area contributed by atoms with E-state index in [0.29, 0.717) is 42.6 Å². The summed E-state index contributed by atoms with van der Waals surface area (Å²) in [6.45, 7) is 5.81. The Balaban J connectivity index is 1.92. The summed E-state index contributed by atoms with van der Waals surface area (Å²) in [4.78, 5) is 14.5. The number of para-hydroxylation sites is 1. The number of rotatable bonds is 7. The Morgan fingerprint density at radius 3 is 2.63 bits per heavy atom. The monoisotopic (exact) mass is 370 g/mol. The maximum atomic E-state index is 12.8. The third-order valence-corrected chi connectivity index (χ3v) is 4.38. The van der Waals surface area contributed by atoms with E-state index in [1.165, 1.54) is 0 Å². The molecule has 0 unspecified atom stereocenters. The van der Waals surface area contributed by atoms with Gasteiger partial charge in [-0.15, -0.1) is 0 Å². The van der Waals surface area contributed by atoms with Crippen LogP contribution in [0.1, 0.15) is 13.8 Å². The molecule has 0 aliphatic carbocycles. The van der Waals surface area contributed by atoms with Gasteiger partial charge in [-0.05, 0) is 18.1 Å². The van der Waals surface area contributed by atoms with Crippen molar-refractivity contribution in [3.05, 3.63) is 36.4 Å². The number of ether oxygens (including phenoxy) is 2. The zero-order valence-corrected chi connectivity index (χ0v) is 16.2. The molecule has 0 bridgehead atoms. The SMILES string of the molecule is COCCN(CC(C)C)C(=O)Nc1cc2oc3ccccc3c2cc1OC. The molecule has 6 heteroatoms. The molecule has 0 radical (unpaired) electrons. The number of nitrogens with one attached hydrogen (secondary N) is 1. The molecule has 0 aliphatic rings. The lowest BCUT2D eigenvalue weighted by atomic mass is 10.1. The van der Waals surface area contributed by atoms with Gasteiger partial charge in [0.05, 0.1) is 19.4 Å². The van der Waals surface area contributed by atoms with Crippen LogP contribution in [0.4, 0.5) is 10.5 Å². The van der Waals surface area contributed by atoms with Crippen molar-refractivity contribution in [3.63, 3.8) is 0 Å². The minimum atomic E-state index is -0.186. The van der Waals surface area contributed by atoms with Crippen molar-refractivity contribution in [1.29, 1.82) is 0 Å². The van der Waals surface area contributed by atoms with Crippen LogP contribution in [0, 0.1) is 5.92 Å². The summed E-state index contributed by atoms with van der Waals surface area (Å²) in [6, 6.07) is 11.4. The lowest BCUT2D eigenvalue weighted by Crippen LogP contribution is -2.39. The van der Waals surface area contributed by atoms with E-state index in [1.54, 1.807) is 19.1 Å². The van der Waals surface area contributed by atoms with Gasteiger partial charge in [0.25, 0.3) is 0 Å². The molecule has 6 nitrogen and oxygen atoms in total. The van der Waals surface area contributed by atoms with Crippen molar-refractivity contribution in [1.82, 2.24) is 4.90 Å². The minimum absolute atomic E-state index is 0.186. The van der Waals surface area contributed by atoms with Crippen LogP contribution in [0.3, 0.4) is 0 Å². The van der Waals surface area contributed by atoms with Crippen molar-refractivity contribution in [2.24, 2.45) is 5.92 Å². The number of nitrogens with zero attached hydrogens (tertiary/aromatic N) is 1. The fourth-order valence-corrected chi connectivity index (χ4v) is 3.13. The summed E-state index contributed by atoms with van der Waals surface area (Å²) in [5.41, 5.74) is 2.10. The predicted molar refractivity (Wildman–Crippen MR) is 108 cm³/mol. The number of hydrogen-bond donors (Lipinski definition) is 1. The van der Waals surface area contributed by atoms with Gasteiger partial charge in [-0.1, -0.05) is 32.0 Å². The highest BCUT2D eigenvalue weighted by molar-refractivity contribution is 6.07. The van der Waals surface area contributed by atoms with Crippen LogP contribution in [0.2, 0.25) is 0 Å². The second-order valence-corrected chi connectivity index (χ2v) is 6.91. The number of carbonyl (C=O) groups is 1. The van der Waals surface area contributed by atoms with Gasteiger partial charge in [0, 0.05) is 37.0 Å². The lowest BCUT2D eigenvalue weighted by molar-refractivity contribution is 0.150. The first-order valence-electron chi connectivity index (χ1n) is 9.07. The molecular formula is C21H26N2O4. The average molecular weight is 370 g/mol. The Labute approximate surface area is 159 Å². The molecular weight excluding hydrogens is 344 g/mol. The Morgan fingerprint density at radius 2 is 1.93 bits per heavy atom. The molecule has 1 heterocycles. The summed E-state index contributed by atoms with van der Waals surface area (Å²) in [5.74, 6) is 0.950. The van der Waals surface area contributed by atoms with Gasteiger partial charge in [-0.2, -0.15) is 0 Å². The summed E-state index contributed by atoms with van der Waals surface area (Å²) < 4.78 is 16.6. The third kappa shape index (κ3) is 4.17. The number of benzene rings is 2. The Kier molecular flexibility index (Phi) is 5.86. The second-order valence-electron chi connectivity index (χ2n) is 6.91. The third-order valence-electron chi connectivity index (χ3n) is 4.38. The highest BCUT2D eigenvalue weighted by Crippen LogP contribution is 2.36. The molecule has 0 fully saturated rings. The number of urea groups is 1. The van der Waals surface area contributed by atoms with E-state index in [1.807, 2.05) is 36.4 Å². The first-order valence-corrected chi connectivity index (χ1v) is 9.07. The molecule has 2 aromatic carbocycles. The molecule has 144 valence electrons. The minimum Gasteiger partial charge on any atom is -0.495 e. The maximum Gasteiger partial charge on any atom is 0.322 e. The number of carbonyl (C=O) groups excluding carboxylic acids is 1. The van der Waals surface area contributed by atoms with Crippen LogP contribution in [-0.4, -0.2) is 44.8 Å². The summed E-state index contributed by atoms with van der Waals surface area (Å²) >= 11 is 0. The van der Waals surface area contributed by atoms with Crippen LogP contribution in [0.25, 0.3) is 21.9 Å². The molecule has 0 saturated heterocycles. The van der Waals surface area contributed by atoms with Crippen LogP contribution in [-0.2, 0) is 4.74 Å². The number of anilines is 1. The number of methoxy groups -OCH3 is 2. The van der Waals surface area contributed by atoms with Gasteiger partial charge in [-0.3, -0.25) is 0 Å². The highest BCUT2D eigenvalue weighted by Gasteiger charge is 2.18. The molecule has 0 atom stereocenters. The van der Waals surface area contributed by atoms with Crippen LogP contribution >= 0.6 is 0 Å². The fourth-order valence-electron chi connectivity index (χ4n) is 3.13. The number of amides is 2. The first kappa shape index (κ1) is 19.0. The maximum absolute atomic E-state index is 12.8. The van der Waals surface area contributed by atoms with Crippen molar-refractivity contribution in [2.75, 3.05) is 39.2 Å². The van der Waals surface area contributed by atoms with Gasteiger partial charge in [0.1, 0.15) is 16.9 Å². The topological polar surface area (TPSA) is 63.9 Å². The van der Waals surface area contributed by atoms with Gasteiger partial charge >= 0.3 is 6.03 Å². The van der Waals surface area contributed by atoms with E-state index in [4.69, 9.17) is 13.9 Å². The van der Waals surface area contributed by atoms with Gasteiger partial charge in [-0.25, -0.2) is 4.79 Å². The number of hydrogen-bond acceptors (Lipinski definition) is 4. The molecule has 27 heavy (non-hydrogen) atoms. The zero-order chi connectivity index (χ0) is 19.4. The smallest absolute Gasteiger partial charge is 0.322 e. The molecule has 0 aliphatic heterocycles. The van der Waals surface area contributed by atoms with Crippen LogP contribution in [0.15, 0.2) is 40.8 Å². The molecule has 3 rings (SSSR count). The quantitative estimate of drug-likeness (QED) is 0.653. The highest BCUT2D eigenvalue weighted by atomic mass is 16.5. The number of fused-ring (bicyclic) bond motifs is 3. The Hall–Kier alpha value is -2.73. The molecule has 0 saturated carbocycles. The van der Waals surface area contributed by atoms with E-state index in [9.17, 15) is 4.79 Å². The van der Waals surface area contributed by atoms with Gasteiger partial charge in [0.15, 0.2) is 0 Å². The average Bonchev–Trinajstić information content (AvgIpc) is 3.01. The standard InChI is InChI=1S/C21H26N2O4/c1-14(2)13-23(9-10-25-3)21(24)22-17-12-19-16(11-20(17)26-4)15-7-5-6-8-18(15)27-19/h5-8,11-12,14H,9-10,13H2,1-4H3,(H,22,24). The second kappa shape index (κ2) is 8.31. The summed E-state index contributed by atoms with van der Waals surface area (Å²) in [7, 11) is 3.22. The van der Waals surface area contributed by atoms with Crippen molar-refractivity contribution >= 4 is 33.7 Å². The predicted octanol–water partition coefficient (Wildman–Crippen LogP) is 4.73. The molecule has 1 N–H and O–H groups in total. The summed E-state index contributed by atoms with van der Waals surface area (Å²) in [5, 5.41) is 4.93. The van der Waals surface area contributed by atoms with E-state index < -0.39 is 0 Å². The lowest BCUT2D eigenvalue weighted by Gasteiger charge is -2.25. The van der Waals surface area contributed by atoms with Crippen molar-refractivity contribution < 1.29 is 18.7 Å². The van der Waals surface area contributed by atoms with E-state index in [2.05, 4.69) is 19.2 Å². The van der Waals surface area contributed by atoms with Crippen molar-refractivity contribution in [2.45, 2.75) is 13.8 Å². The van der Waals surface area contributed by atoms with E-state index in [0.717, 1.165) is 16.4 Å². The van der Waals surface area contributed by atoms with E-state index >= 15 is 0 Å². The molecule has 3 aromatic rings. The normalized spacial score (nSPS) is 11.3.